The first kappa shape index (κ1) is 17.7. The fraction of sp³-hybridized carbons (Fsp3) is 0.300. The maximum atomic E-state index is 12.1. The van der Waals surface area contributed by atoms with Crippen molar-refractivity contribution < 1.29 is 14.3 Å². The van der Waals surface area contributed by atoms with Gasteiger partial charge in [-0.3, -0.25) is 4.79 Å². The molecule has 0 spiro atoms. The minimum atomic E-state index is -0.480. The zero-order chi connectivity index (χ0) is 17.5. The highest BCUT2D eigenvalue weighted by atomic mass is 16.5. The lowest BCUT2D eigenvalue weighted by Crippen LogP contribution is -2.32. The third kappa shape index (κ3) is 4.69. The number of rotatable bonds is 6. The number of ether oxygens (including phenoxy) is 1. The summed E-state index contributed by atoms with van der Waals surface area (Å²) >= 11 is 0. The molecule has 0 aliphatic rings. The van der Waals surface area contributed by atoms with Crippen molar-refractivity contribution in [2.24, 2.45) is 0 Å². The third-order valence-electron chi connectivity index (χ3n) is 3.92. The van der Waals surface area contributed by atoms with E-state index in [-0.39, 0.29) is 18.6 Å². The van der Waals surface area contributed by atoms with E-state index in [0.29, 0.717) is 5.56 Å². The Morgan fingerprint density at radius 3 is 2.33 bits per heavy atom. The second-order valence-corrected chi connectivity index (χ2v) is 5.83. The van der Waals surface area contributed by atoms with Gasteiger partial charge in [-0.05, 0) is 37.5 Å². The highest BCUT2D eigenvalue weighted by Gasteiger charge is 2.15. The number of amides is 1. The molecule has 0 aromatic heterocycles. The molecule has 0 saturated carbocycles. The molecule has 0 aliphatic heterocycles. The summed E-state index contributed by atoms with van der Waals surface area (Å²) in [5.74, 6) is -0.781. The van der Waals surface area contributed by atoms with Gasteiger partial charge in [0.1, 0.15) is 0 Å². The molecule has 0 aliphatic carbocycles. The molecule has 4 nitrogen and oxygen atoms in total. The molecule has 1 amide bonds. The van der Waals surface area contributed by atoms with Gasteiger partial charge < -0.3 is 10.1 Å². The van der Waals surface area contributed by atoms with Gasteiger partial charge in [0.05, 0.1) is 11.6 Å². The van der Waals surface area contributed by atoms with Crippen molar-refractivity contribution in [2.75, 3.05) is 6.61 Å². The van der Waals surface area contributed by atoms with Crippen LogP contribution in [0.25, 0.3) is 0 Å². The first-order valence-electron chi connectivity index (χ1n) is 8.10. The highest BCUT2D eigenvalue weighted by molar-refractivity contribution is 5.92. The topological polar surface area (TPSA) is 55.4 Å². The van der Waals surface area contributed by atoms with Crippen molar-refractivity contribution in [2.45, 2.75) is 33.2 Å². The predicted octanol–water partition coefficient (Wildman–Crippen LogP) is 3.73. The zero-order valence-corrected chi connectivity index (χ0v) is 14.3. The SMILES string of the molecule is CC[C@H](NC(=O)COC(=O)c1ccccc1C)c1ccc(C)cc1. The molecule has 1 atom stereocenters. The number of esters is 1. The van der Waals surface area contributed by atoms with Crippen LogP contribution in [0.2, 0.25) is 0 Å². The maximum Gasteiger partial charge on any atom is 0.338 e. The van der Waals surface area contributed by atoms with Crippen molar-refractivity contribution in [1.29, 1.82) is 0 Å². The summed E-state index contributed by atoms with van der Waals surface area (Å²) in [7, 11) is 0. The van der Waals surface area contributed by atoms with Gasteiger partial charge in [0.2, 0.25) is 0 Å². The summed E-state index contributed by atoms with van der Waals surface area (Å²) in [5, 5.41) is 2.91. The fourth-order valence-electron chi connectivity index (χ4n) is 2.47. The number of hydrogen-bond acceptors (Lipinski definition) is 3. The minimum absolute atomic E-state index is 0.0877. The van der Waals surface area contributed by atoms with E-state index in [0.717, 1.165) is 17.5 Å². The van der Waals surface area contributed by atoms with Crippen LogP contribution in [0.4, 0.5) is 0 Å². The normalized spacial score (nSPS) is 11.6. The number of hydrogen-bond donors (Lipinski definition) is 1. The van der Waals surface area contributed by atoms with Gasteiger partial charge in [0.15, 0.2) is 6.61 Å². The number of carbonyl (C=O) groups excluding carboxylic acids is 2. The van der Waals surface area contributed by atoms with Crippen LogP contribution in [0, 0.1) is 13.8 Å². The Morgan fingerprint density at radius 1 is 1.04 bits per heavy atom. The molecule has 2 rings (SSSR count). The van der Waals surface area contributed by atoms with Gasteiger partial charge in [-0.15, -0.1) is 0 Å². The number of benzene rings is 2. The standard InChI is InChI=1S/C20H23NO3/c1-4-18(16-11-9-14(2)10-12-16)21-19(22)13-24-20(23)17-8-6-5-7-15(17)3/h5-12,18H,4,13H2,1-3H3,(H,21,22)/t18-/m0/s1. The first-order valence-corrected chi connectivity index (χ1v) is 8.10. The molecule has 0 unspecified atom stereocenters. The molecule has 126 valence electrons. The summed E-state index contributed by atoms with van der Waals surface area (Å²) in [5.41, 5.74) is 3.53. The van der Waals surface area contributed by atoms with Crippen molar-refractivity contribution in [3.8, 4) is 0 Å². The van der Waals surface area contributed by atoms with Crippen molar-refractivity contribution in [1.82, 2.24) is 5.32 Å². The van der Waals surface area contributed by atoms with Crippen LogP contribution < -0.4 is 5.32 Å². The molecule has 2 aromatic carbocycles. The number of carbonyl (C=O) groups is 2. The predicted molar refractivity (Wildman–Crippen MR) is 93.8 cm³/mol. The van der Waals surface area contributed by atoms with E-state index in [1.807, 2.05) is 57.2 Å². The van der Waals surface area contributed by atoms with Gasteiger partial charge in [-0.1, -0.05) is 55.0 Å². The van der Waals surface area contributed by atoms with Crippen LogP contribution in [0.1, 0.15) is 46.4 Å². The maximum absolute atomic E-state index is 12.1. The Hall–Kier alpha value is -2.62. The Kier molecular flexibility index (Phi) is 6.13. The summed E-state index contributed by atoms with van der Waals surface area (Å²) in [6, 6.07) is 15.1. The van der Waals surface area contributed by atoms with E-state index in [9.17, 15) is 9.59 Å². The Labute approximate surface area is 142 Å². The molecule has 0 saturated heterocycles. The van der Waals surface area contributed by atoms with E-state index in [1.54, 1.807) is 12.1 Å². The average Bonchev–Trinajstić information content (AvgIpc) is 2.59. The Morgan fingerprint density at radius 2 is 1.71 bits per heavy atom. The summed E-state index contributed by atoms with van der Waals surface area (Å²) < 4.78 is 5.12. The van der Waals surface area contributed by atoms with Crippen LogP contribution in [-0.4, -0.2) is 18.5 Å². The van der Waals surface area contributed by atoms with Crippen LogP contribution in [0.15, 0.2) is 48.5 Å². The summed E-state index contributed by atoms with van der Waals surface area (Å²) in [4.78, 5) is 24.1. The monoisotopic (exact) mass is 325 g/mol. The van der Waals surface area contributed by atoms with Gasteiger partial charge in [0, 0.05) is 0 Å². The number of aryl methyl sites for hydroxylation is 2. The van der Waals surface area contributed by atoms with Crippen LogP contribution in [-0.2, 0) is 9.53 Å². The number of nitrogens with one attached hydrogen (secondary N) is 1. The van der Waals surface area contributed by atoms with Crippen LogP contribution in [0.5, 0.6) is 0 Å². The van der Waals surface area contributed by atoms with E-state index in [4.69, 9.17) is 4.74 Å². The molecule has 2 aromatic rings. The van der Waals surface area contributed by atoms with Crippen LogP contribution >= 0.6 is 0 Å². The van der Waals surface area contributed by atoms with Crippen LogP contribution in [0.3, 0.4) is 0 Å². The van der Waals surface area contributed by atoms with Gasteiger partial charge in [0.25, 0.3) is 5.91 Å². The molecule has 0 bridgehead atoms. The summed E-state index contributed by atoms with van der Waals surface area (Å²) in [6.45, 7) is 5.58. The molecule has 0 fully saturated rings. The second-order valence-electron chi connectivity index (χ2n) is 5.83. The molecular formula is C20H23NO3. The molecule has 0 radical (unpaired) electrons. The summed E-state index contributed by atoms with van der Waals surface area (Å²) in [6.07, 6.45) is 0.764. The largest absolute Gasteiger partial charge is 0.452 e. The average molecular weight is 325 g/mol. The smallest absolute Gasteiger partial charge is 0.338 e. The van der Waals surface area contributed by atoms with E-state index in [1.165, 1.54) is 5.56 Å². The highest BCUT2D eigenvalue weighted by Crippen LogP contribution is 2.17. The quantitative estimate of drug-likeness (QED) is 0.823. The third-order valence-corrected chi connectivity index (χ3v) is 3.92. The van der Waals surface area contributed by atoms with Gasteiger partial charge in [-0.2, -0.15) is 0 Å². The Balaban J connectivity index is 1.91. The van der Waals surface area contributed by atoms with Gasteiger partial charge >= 0.3 is 5.97 Å². The lowest BCUT2D eigenvalue weighted by molar-refractivity contribution is -0.125. The van der Waals surface area contributed by atoms with Crippen molar-refractivity contribution in [3.63, 3.8) is 0 Å². The van der Waals surface area contributed by atoms with Crippen molar-refractivity contribution >= 4 is 11.9 Å². The molecular weight excluding hydrogens is 302 g/mol. The van der Waals surface area contributed by atoms with Crippen molar-refractivity contribution in [3.05, 3.63) is 70.8 Å². The molecule has 24 heavy (non-hydrogen) atoms. The lowest BCUT2D eigenvalue weighted by atomic mass is 10.0. The lowest BCUT2D eigenvalue weighted by Gasteiger charge is -2.17. The first-order chi connectivity index (χ1) is 11.5. The fourth-order valence-corrected chi connectivity index (χ4v) is 2.47. The Bertz CT molecular complexity index is 707. The molecule has 0 heterocycles. The molecule has 4 heteroatoms. The molecule has 1 N–H and O–H groups in total. The zero-order valence-electron chi connectivity index (χ0n) is 14.3. The minimum Gasteiger partial charge on any atom is -0.452 e. The second kappa shape index (κ2) is 8.29. The van der Waals surface area contributed by atoms with E-state index in [2.05, 4.69) is 5.32 Å². The van der Waals surface area contributed by atoms with E-state index >= 15 is 0 Å². The van der Waals surface area contributed by atoms with E-state index < -0.39 is 5.97 Å². The van der Waals surface area contributed by atoms with Gasteiger partial charge in [-0.25, -0.2) is 4.79 Å².